The van der Waals surface area contributed by atoms with Gasteiger partial charge < -0.3 is 14.7 Å². The van der Waals surface area contributed by atoms with Gasteiger partial charge in [0.05, 0.1) is 18.8 Å². The summed E-state index contributed by atoms with van der Waals surface area (Å²) in [5.41, 5.74) is 0.104. The van der Waals surface area contributed by atoms with Crippen LogP contribution in [0.25, 0.3) is 0 Å². The molecule has 1 aromatic heterocycles. The molecule has 1 aliphatic rings. The van der Waals surface area contributed by atoms with Crippen LogP contribution < -0.4 is 5.14 Å². The standard InChI is InChI=1S/C10H12N2O6S2/c11-20(16,17)8-3-6(5-19-8)9(13)12-1-2-18-4-7(12)10(14)15/h3,5,7H,1-2,4H2,(H,14,15)(H2,11,16,17). The van der Waals surface area contributed by atoms with E-state index in [0.29, 0.717) is 0 Å². The van der Waals surface area contributed by atoms with Crippen LogP contribution in [0.1, 0.15) is 10.4 Å². The van der Waals surface area contributed by atoms with Crippen molar-refractivity contribution in [2.75, 3.05) is 19.8 Å². The van der Waals surface area contributed by atoms with Gasteiger partial charge in [0.2, 0.25) is 10.0 Å². The number of hydrogen-bond acceptors (Lipinski definition) is 6. The molecule has 3 N–H and O–H groups in total. The van der Waals surface area contributed by atoms with Gasteiger partial charge in [-0.3, -0.25) is 4.79 Å². The first kappa shape index (κ1) is 14.9. The molecule has 10 heteroatoms. The molecule has 0 aromatic carbocycles. The van der Waals surface area contributed by atoms with Crippen LogP contribution in [-0.2, 0) is 19.6 Å². The van der Waals surface area contributed by atoms with Gasteiger partial charge in [-0.15, -0.1) is 11.3 Å². The molecule has 0 aliphatic carbocycles. The maximum atomic E-state index is 12.2. The van der Waals surface area contributed by atoms with Crippen LogP contribution in [0.3, 0.4) is 0 Å². The minimum atomic E-state index is -3.87. The van der Waals surface area contributed by atoms with E-state index in [1.807, 2.05) is 0 Å². The second kappa shape index (κ2) is 5.48. The number of carbonyl (C=O) groups excluding carboxylic acids is 1. The van der Waals surface area contributed by atoms with Crippen molar-refractivity contribution in [3.8, 4) is 0 Å². The van der Waals surface area contributed by atoms with Gasteiger partial charge in [0.15, 0.2) is 6.04 Å². The fourth-order valence-electron chi connectivity index (χ4n) is 1.80. The predicted molar refractivity (Wildman–Crippen MR) is 69.0 cm³/mol. The number of aliphatic carboxylic acids is 1. The lowest BCUT2D eigenvalue weighted by atomic mass is 10.2. The summed E-state index contributed by atoms with van der Waals surface area (Å²) in [6.45, 7) is 0.283. The number of morpholine rings is 1. The summed E-state index contributed by atoms with van der Waals surface area (Å²) in [6, 6.07) is 0.0746. The number of ether oxygens (including phenoxy) is 1. The van der Waals surface area contributed by atoms with Crippen LogP contribution in [0.2, 0.25) is 0 Å². The molecule has 1 atom stereocenters. The molecule has 1 saturated heterocycles. The number of hydrogen-bond donors (Lipinski definition) is 2. The van der Waals surface area contributed by atoms with Gasteiger partial charge >= 0.3 is 5.97 Å². The molecule has 0 radical (unpaired) electrons. The van der Waals surface area contributed by atoms with Crippen molar-refractivity contribution >= 4 is 33.2 Å². The van der Waals surface area contributed by atoms with Crippen LogP contribution in [0.15, 0.2) is 15.7 Å². The third kappa shape index (κ3) is 2.98. The first-order valence-electron chi connectivity index (χ1n) is 5.53. The first-order chi connectivity index (χ1) is 9.30. The topological polar surface area (TPSA) is 127 Å². The van der Waals surface area contributed by atoms with E-state index in [2.05, 4.69) is 0 Å². The zero-order valence-electron chi connectivity index (χ0n) is 10.2. The molecule has 1 aliphatic heterocycles. The number of thiophene rings is 1. The predicted octanol–water partition coefficient (Wildman–Crippen LogP) is -0.679. The normalized spacial score (nSPS) is 19.9. The zero-order valence-corrected chi connectivity index (χ0v) is 11.8. The Morgan fingerprint density at radius 1 is 1.50 bits per heavy atom. The Morgan fingerprint density at radius 3 is 2.75 bits per heavy atom. The van der Waals surface area contributed by atoms with Crippen LogP contribution in [-0.4, -0.2) is 56.1 Å². The summed E-state index contributed by atoms with van der Waals surface area (Å²) >= 11 is 0.819. The smallest absolute Gasteiger partial charge is 0.328 e. The van der Waals surface area contributed by atoms with Gasteiger partial charge in [0, 0.05) is 11.9 Å². The number of primary sulfonamides is 1. The Kier molecular flexibility index (Phi) is 4.09. The third-order valence-electron chi connectivity index (χ3n) is 2.78. The lowest BCUT2D eigenvalue weighted by Crippen LogP contribution is -2.52. The second-order valence-electron chi connectivity index (χ2n) is 4.13. The molecule has 0 spiro atoms. The molecular formula is C10H12N2O6S2. The fraction of sp³-hybridized carbons (Fsp3) is 0.400. The number of nitrogens with zero attached hydrogens (tertiary/aromatic N) is 1. The lowest BCUT2D eigenvalue weighted by molar-refractivity contribution is -0.147. The Morgan fingerprint density at radius 2 is 2.20 bits per heavy atom. The van der Waals surface area contributed by atoms with Gasteiger partial charge in [-0.2, -0.15) is 0 Å². The number of carboxylic acid groups (broad SMARTS) is 1. The molecule has 1 aromatic rings. The maximum Gasteiger partial charge on any atom is 0.328 e. The largest absolute Gasteiger partial charge is 0.480 e. The maximum absolute atomic E-state index is 12.2. The summed E-state index contributed by atoms with van der Waals surface area (Å²) in [4.78, 5) is 24.5. The summed E-state index contributed by atoms with van der Waals surface area (Å²) < 4.78 is 27.2. The van der Waals surface area contributed by atoms with Gasteiger partial charge in [-0.25, -0.2) is 18.4 Å². The van der Waals surface area contributed by atoms with E-state index in [-0.39, 0.29) is 29.5 Å². The van der Waals surface area contributed by atoms with Crippen molar-refractivity contribution in [1.29, 1.82) is 0 Å². The number of rotatable bonds is 3. The molecule has 1 fully saturated rings. The van der Waals surface area contributed by atoms with E-state index in [9.17, 15) is 18.0 Å². The minimum Gasteiger partial charge on any atom is -0.480 e. The highest BCUT2D eigenvalue weighted by atomic mass is 32.2. The van der Waals surface area contributed by atoms with E-state index in [1.165, 1.54) is 5.38 Å². The minimum absolute atomic E-state index is 0.0900. The molecule has 2 heterocycles. The molecule has 0 saturated carbocycles. The second-order valence-corrected chi connectivity index (χ2v) is 6.83. The van der Waals surface area contributed by atoms with Crippen LogP contribution in [0.4, 0.5) is 0 Å². The molecule has 2 rings (SSSR count). The van der Waals surface area contributed by atoms with Crippen molar-refractivity contribution in [1.82, 2.24) is 4.90 Å². The third-order valence-corrected chi connectivity index (χ3v) is 5.16. The van der Waals surface area contributed by atoms with Crippen molar-refractivity contribution in [2.45, 2.75) is 10.3 Å². The number of amides is 1. The SMILES string of the molecule is NS(=O)(=O)c1cc(C(=O)N2CCOCC2C(=O)O)cs1. The number of carboxylic acids is 1. The average Bonchev–Trinajstić information content (AvgIpc) is 2.87. The highest BCUT2D eigenvalue weighted by molar-refractivity contribution is 7.91. The van der Waals surface area contributed by atoms with Crippen LogP contribution in [0.5, 0.6) is 0 Å². The Labute approximate surface area is 118 Å². The zero-order chi connectivity index (χ0) is 14.9. The van der Waals surface area contributed by atoms with E-state index in [1.54, 1.807) is 0 Å². The van der Waals surface area contributed by atoms with Gasteiger partial charge in [-0.1, -0.05) is 0 Å². The number of nitrogens with two attached hydrogens (primary N) is 1. The van der Waals surface area contributed by atoms with E-state index >= 15 is 0 Å². The van der Waals surface area contributed by atoms with Gasteiger partial charge in [0.25, 0.3) is 5.91 Å². The Bertz CT molecular complexity index is 638. The molecule has 1 amide bonds. The highest BCUT2D eigenvalue weighted by Crippen LogP contribution is 2.21. The lowest BCUT2D eigenvalue weighted by Gasteiger charge is -2.32. The molecule has 8 nitrogen and oxygen atoms in total. The molecule has 1 unspecified atom stereocenters. The molecule has 20 heavy (non-hydrogen) atoms. The number of carbonyl (C=O) groups is 2. The molecule has 110 valence electrons. The van der Waals surface area contributed by atoms with E-state index in [0.717, 1.165) is 22.3 Å². The van der Waals surface area contributed by atoms with E-state index < -0.39 is 27.9 Å². The molecule has 0 bridgehead atoms. The summed E-state index contributed by atoms with van der Waals surface area (Å²) in [7, 11) is -3.87. The van der Waals surface area contributed by atoms with E-state index in [4.69, 9.17) is 15.0 Å². The Balaban J connectivity index is 2.26. The first-order valence-corrected chi connectivity index (χ1v) is 7.96. The monoisotopic (exact) mass is 320 g/mol. The average molecular weight is 320 g/mol. The van der Waals surface area contributed by atoms with Crippen LogP contribution in [0, 0.1) is 0 Å². The number of sulfonamides is 1. The van der Waals surface area contributed by atoms with Crippen LogP contribution >= 0.6 is 11.3 Å². The van der Waals surface area contributed by atoms with Crippen molar-refractivity contribution < 1.29 is 27.9 Å². The van der Waals surface area contributed by atoms with Gasteiger partial charge in [0.1, 0.15) is 4.21 Å². The van der Waals surface area contributed by atoms with Gasteiger partial charge in [-0.05, 0) is 6.07 Å². The van der Waals surface area contributed by atoms with Crippen molar-refractivity contribution in [3.63, 3.8) is 0 Å². The van der Waals surface area contributed by atoms with Crippen molar-refractivity contribution in [2.24, 2.45) is 5.14 Å². The Hall–Kier alpha value is -1.49. The summed E-state index contributed by atoms with van der Waals surface area (Å²) in [6.07, 6.45) is 0. The summed E-state index contributed by atoms with van der Waals surface area (Å²) in [5, 5.41) is 15.4. The molecular weight excluding hydrogens is 308 g/mol. The highest BCUT2D eigenvalue weighted by Gasteiger charge is 2.33. The quantitative estimate of drug-likeness (QED) is 0.759. The summed E-state index contributed by atoms with van der Waals surface area (Å²) in [5.74, 6) is -1.72. The van der Waals surface area contributed by atoms with Crippen molar-refractivity contribution in [3.05, 3.63) is 17.0 Å². The fourth-order valence-corrected chi connectivity index (χ4v) is 3.37.